The third kappa shape index (κ3) is 6.94. The van der Waals surface area contributed by atoms with Crippen LogP contribution < -0.4 is 10.6 Å². The van der Waals surface area contributed by atoms with E-state index in [9.17, 15) is 19.6 Å². The lowest BCUT2D eigenvalue weighted by Crippen LogP contribution is -2.37. The van der Waals surface area contributed by atoms with Gasteiger partial charge in [0.25, 0.3) is 5.91 Å². The lowest BCUT2D eigenvalue weighted by Gasteiger charge is -2.15. The van der Waals surface area contributed by atoms with E-state index in [4.69, 9.17) is 4.74 Å². The number of carbonyl (C=O) groups excluding carboxylic acids is 3. The van der Waals surface area contributed by atoms with Crippen LogP contribution in [0.25, 0.3) is 11.3 Å². The Morgan fingerprint density at radius 2 is 2.03 bits per heavy atom. The maximum absolute atomic E-state index is 12.8. The Morgan fingerprint density at radius 3 is 2.69 bits per heavy atom. The maximum Gasteiger partial charge on any atom is 0.350 e. The highest BCUT2D eigenvalue weighted by atomic mass is 32.1. The summed E-state index contributed by atoms with van der Waals surface area (Å²) in [5.41, 5.74) is 1.92. The summed E-state index contributed by atoms with van der Waals surface area (Å²) in [5, 5.41) is 18.8. The molecule has 3 rings (SSSR count). The van der Waals surface area contributed by atoms with Crippen molar-refractivity contribution >= 4 is 34.3 Å². The summed E-state index contributed by atoms with van der Waals surface area (Å²) in [5.74, 6) is -1.47. The van der Waals surface area contributed by atoms with E-state index in [-0.39, 0.29) is 29.8 Å². The van der Waals surface area contributed by atoms with Crippen molar-refractivity contribution < 1.29 is 19.1 Å². The molecular formula is C23H25N7O4S. The number of anilines is 1. The first kappa shape index (κ1) is 25.5. The molecule has 182 valence electrons. The van der Waals surface area contributed by atoms with E-state index in [1.807, 2.05) is 6.07 Å². The van der Waals surface area contributed by atoms with Crippen LogP contribution in [-0.2, 0) is 16.6 Å². The topological polar surface area (TPSA) is 152 Å². The van der Waals surface area contributed by atoms with Gasteiger partial charge in [0.15, 0.2) is 5.13 Å². The Labute approximate surface area is 206 Å². The Morgan fingerprint density at radius 1 is 1.26 bits per heavy atom. The average Bonchev–Trinajstić information content (AvgIpc) is 3.38. The highest BCUT2D eigenvalue weighted by Gasteiger charge is 2.22. The molecule has 0 aliphatic carbocycles. The summed E-state index contributed by atoms with van der Waals surface area (Å²) >= 11 is 1.00. The fourth-order valence-electron chi connectivity index (χ4n) is 3.12. The number of nitrogens with one attached hydrogen (secondary N) is 2. The number of amides is 2. The van der Waals surface area contributed by atoms with Crippen molar-refractivity contribution in [3.63, 3.8) is 0 Å². The summed E-state index contributed by atoms with van der Waals surface area (Å²) in [6.07, 6.45) is 2.90. The van der Waals surface area contributed by atoms with Crippen LogP contribution in [0.15, 0.2) is 30.6 Å². The summed E-state index contributed by atoms with van der Waals surface area (Å²) in [6, 6.07) is 6.24. The van der Waals surface area contributed by atoms with Crippen LogP contribution in [0.4, 0.5) is 5.13 Å². The molecule has 2 amide bonds. The predicted molar refractivity (Wildman–Crippen MR) is 129 cm³/mol. The predicted octanol–water partition coefficient (Wildman–Crippen LogP) is 2.85. The van der Waals surface area contributed by atoms with Crippen molar-refractivity contribution in [2.75, 3.05) is 5.32 Å². The molecule has 0 saturated heterocycles. The van der Waals surface area contributed by atoms with Gasteiger partial charge in [0.05, 0.1) is 42.2 Å². The molecule has 1 atom stereocenters. The molecule has 3 heterocycles. The van der Waals surface area contributed by atoms with Crippen LogP contribution in [-0.4, -0.2) is 49.7 Å². The van der Waals surface area contributed by atoms with Crippen LogP contribution in [0.1, 0.15) is 52.5 Å². The van der Waals surface area contributed by atoms with Crippen molar-refractivity contribution in [1.82, 2.24) is 25.1 Å². The smallest absolute Gasteiger partial charge is 0.350 e. The van der Waals surface area contributed by atoms with Gasteiger partial charge in [-0.1, -0.05) is 17.4 Å². The van der Waals surface area contributed by atoms with E-state index in [0.717, 1.165) is 16.9 Å². The quantitative estimate of drug-likeness (QED) is 0.430. The van der Waals surface area contributed by atoms with Crippen LogP contribution in [0.5, 0.6) is 0 Å². The minimum atomic E-state index is -0.747. The van der Waals surface area contributed by atoms with Crippen LogP contribution in [0, 0.1) is 18.3 Å². The molecule has 35 heavy (non-hydrogen) atoms. The van der Waals surface area contributed by atoms with Gasteiger partial charge in [0, 0.05) is 25.2 Å². The van der Waals surface area contributed by atoms with Crippen molar-refractivity contribution in [3.8, 4) is 17.3 Å². The zero-order valence-electron chi connectivity index (χ0n) is 19.7. The highest BCUT2D eigenvalue weighted by Crippen LogP contribution is 2.24. The van der Waals surface area contributed by atoms with Crippen molar-refractivity contribution in [2.45, 2.75) is 45.8 Å². The lowest BCUT2D eigenvalue weighted by atomic mass is 10.1. The maximum atomic E-state index is 12.8. The fourth-order valence-corrected chi connectivity index (χ4v) is 3.99. The SMILES string of the molecule is Cc1nc(NC(=O)CC(CC#N)NC(=O)c2cccc(-c3cnn(C)c3)n2)sc1C(=O)OC(C)C. The summed E-state index contributed by atoms with van der Waals surface area (Å²) in [6.45, 7) is 5.13. The fraction of sp³-hybridized carbons (Fsp3) is 0.348. The van der Waals surface area contributed by atoms with E-state index in [2.05, 4.69) is 25.7 Å². The molecular weight excluding hydrogens is 470 g/mol. The Hall–Kier alpha value is -4.11. The van der Waals surface area contributed by atoms with Crippen LogP contribution >= 0.6 is 11.3 Å². The summed E-state index contributed by atoms with van der Waals surface area (Å²) in [7, 11) is 1.78. The number of aromatic nitrogens is 4. The van der Waals surface area contributed by atoms with Gasteiger partial charge in [0.2, 0.25) is 5.91 Å². The Balaban J connectivity index is 1.64. The minimum absolute atomic E-state index is 0.0791. The number of nitrogens with zero attached hydrogens (tertiary/aromatic N) is 5. The van der Waals surface area contributed by atoms with E-state index < -0.39 is 23.8 Å². The molecule has 0 aromatic carbocycles. The molecule has 0 bridgehead atoms. The third-order valence-corrected chi connectivity index (χ3v) is 5.71. The molecule has 0 saturated carbocycles. The molecule has 3 aromatic rings. The molecule has 2 N–H and O–H groups in total. The number of nitriles is 1. The summed E-state index contributed by atoms with van der Waals surface area (Å²) in [4.78, 5) is 46.4. The van der Waals surface area contributed by atoms with Gasteiger partial charge in [-0.2, -0.15) is 10.4 Å². The number of aryl methyl sites for hydroxylation is 2. The molecule has 0 aliphatic heterocycles. The molecule has 12 heteroatoms. The molecule has 11 nitrogen and oxygen atoms in total. The number of hydrogen-bond donors (Lipinski definition) is 2. The molecule has 0 fully saturated rings. The van der Waals surface area contributed by atoms with Crippen molar-refractivity contribution in [2.24, 2.45) is 7.05 Å². The average molecular weight is 496 g/mol. The van der Waals surface area contributed by atoms with Gasteiger partial charge in [-0.05, 0) is 32.9 Å². The van der Waals surface area contributed by atoms with Gasteiger partial charge in [-0.3, -0.25) is 14.3 Å². The highest BCUT2D eigenvalue weighted by molar-refractivity contribution is 7.17. The molecule has 0 spiro atoms. The van der Waals surface area contributed by atoms with Crippen molar-refractivity contribution in [1.29, 1.82) is 5.26 Å². The number of hydrogen-bond acceptors (Lipinski definition) is 9. The second-order valence-electron chi connectivity index (χ2n) is 7.98. The number of ether oxygens (including phenoxy) is 1. The zero-order chi connectivity index (χ0) is 25.5. The van der Waals surface area contributed by atoms with E-state index in [0.29, 0.717) is 16.3 Å². The molecule has 3 aromatic heterocycles. The minimum Gasteiger partial charge on any atom is -0.459 e. The van der Waals surface area contributed by atoms with Gasteiger partial charge >= 0.3 is 5.97 Å². The third-order valence-electron chi connectivity index (χ3n) is 4.66. The molecule has 0 radical (unpaired) electrons. The Kier molecular flexibility index (Phi) is 8.27. The number of carbonyl (C=O) groups is 3. The van der Waals surface area contributed by atoms with Gasteiger partial charge < -0.3 is 15.4 Å². The number of esters is 1. The second-order valence-corrected chi connectivity index (χ2v) is 8.98. The van der Waals surface area contributed by atoms with Crippen LogP contribution in [0.2, 0.25) is 0 Å². The normalized spacial score (nSPS) is 11.5. The van der Waals surface area contributed by atoms with Gasteiger partial charge in [-0.25, -0.2) is 14.8 Å². The van der Waals surface area contributed by atoms with Crippen LogP contribution in [0.3, 0.4) is 0 Å². The second kappa shape index (κ2) is 11.3. The molecule has 1 unspecified atom stereocenters. The van der Waals surface area contributed by atoms with Crippen molar-refractivity contribution in [3.05, 3.63) is 46.9 Å². The van der Waals surface area contributed by atoms with E-state index in [1.165, 1.54) is 0 Å². The number of thiazole rings is 1. The monoisotopic (exact) mass is 495 g/mol. The van der Waals surface area contributed by atoms with E-state index in [1.54, 1.807) is 63.1 Å². The van der Waals surface area contributed by atoms with Gasteiger partial charge in [-0.15, -0.1) is 0 Å². The zero-order valence-corrected chi connectivity index (χ0v) is 20.5. The standard InChI is InChI=1S/C23H25N7O4S/c1-13(2)34-22(33)20-14(3)26-23(35-20)29-19(31)10-16(8-9-24)27-21(32)18-7-5-6-17(28-18)15-11-25-30(4)12-15/h5-7,11-13,16H,8,10H2,1-4H3,(H,27,32)(H,26,29,31). The largest absolute Gasteiger partial charge is 0.459 e. The first-order valence-electron chi connectivity index (χ1n) is 10.8. The lowest BCUT2D eigenvalue weighted by molar-refractivity contribution is -0.116. The number of pyridine rings is 1. The van der Waals surface area contributed by atoms with E-state index >= 15 is 0 Å². The first-order valence-corrected chi connectivity index (χ1v) is 11.6. The Bertz CT molecular complexity index is 1270. The molecule has 0 aliphatic rings. The number of rotatable bonds is 9. The van der Waals surface area contributed by atoms with Gasteiger partial charge in [0.1, 0.15) is 10.6 Å². The first-order chi connectivity index (χ1) is 16.7. The summed E-state index contributed by atoms with van der Waals surface area (Å²) < 4.78 is 6.81.